The molecule has 0 N–H and O–H groups in total. The number of nitrogens with zero attached hydrogens (tertiary/aromatic N) is 2. The molecule has 0 unspecified atom stereocenters. The topological polar surface area (TPSA) is 52.0 Å². The number of carbonyl (C=O) groups is 1. The van der Waals surface area contributed by atoms with Crippen molar-refractivity contribution in [3.8, 4) is 5.69 Å². The zero-order valence-electron chi connectivity index (χ0n) is 14.2. The molecule has 1 saturated carbocycles. The van der Waals surface area contributed by atoms with Crippen molar-refractivity contribution in [2.45, 2.75) is 36.6 Å². The minimum atomic E-state index is -0.150. The lowest BCUT2D eigenvalue weighted by molar-refractivity contribution is -0.116. The van der Waals surface area contributed by atoms with Gasteiger partial charge in [0.05, 0.1) is 21.8 Å². The first kappa shape index (κ1) is 17.3. The van der Waals surface area contributed by atoms with Crippen molar-refractivity contribution >= 4 is 40.0 Å². The van der Waals surface area contributed by atoms with E-state index in [0.717, 1.165) is 24.1 Å². The Morgan fingerprint density at radius 1 is 1.15 bits per heavy atom. The fourth-order valence-electron chi connectivity index (χ4n) is 3.17. The Morgan fingerprint density at radius 3 is 2.62 bits per heavy atom. The molecule has 0 amide bonds. The Labute approximate surface area is 160 Å². The molecule has 26 heavy (non-hydrogen) atoms. The van der Waals surface area contributed by atoms with Crippen molar-refractivity contribution in [1.82, 2.24) is 9.55 Å². The molecule has 1 aliphatic carbocycles. The average Bonchev–Trinajstić information content (AvgIpc) is 3.01. The minimum absolute atomic E-state index is 0.143. The van der Waals surface area contributed by atoms with Gasteiger partial charge in [-0.1, -0.05) is 41.1 Å². The Kier molecular flexibility index (Phi) is 4.59. The van der Waals surface area contributed by atoms with Crippen LogP contribution in [0.1, 0.15) is 24.8 Å². The molecule has 4 nitrogen and oxygen atoms in total. The summed E-state index contributed by atoms with van der Waals surface area (Å²) < 4.78 is 1.60. The summed E-state index contributed by atoms with van der Waals surface area (Å²) in [5, 5.41) is 1.44. The zero-order valence-corrected chi connectivity index (χ0v) is 15.8. The van der Waals surface area contributed by atoms with Gasteiger partial charge in [0.2, 0.25) is 0 Å². The van der Waals surface area contributed by atoms with Gasteiger partial charge < -0.3 is 0 Å². The normalized spacial score (nSPS) is 17.2. The van der Waals surface area contributed by atoms with E-state index in [2.05, 4.69) is 4.98 Å². The maximum Gasteiger partial charge on any atom is 0.266 e. The number of aryl methyl sites for hydroxylation is 1. The first-order valence-electron chi connectivity index (χ1n) is 8.51. The van der Waals surface area contributed by atoms with E-state index >= 15 is 0 Å². The summed E-state index contributed by atoms with van der Waals surface area (Å²) in [5.74, 6) is 0.228. The van der Waals surface area contributed by atoms with Crippen molar-refractivity contribution in [3.05, 3.63) is 63.4 Å². The molecule has 0 bridgehead atoms. The fraction of sp³-hybridized carbons (Fsp3) is 0.250. The number of Topliss-reactive ketones (excluding diaryl/α,β-unsaturated/α-hetero) is 1. The number of rotatable bonds is 3. The first-order valence-corrected chi connectivity index (χ1v) is 9.77. The van der Waals surface area contributed by atoms with Gasteiger partial charge in [0.1, 0.15) is 5.78 Å². The summed E-state index contributed by atoms with van der Waals surface area (Å²) >= 11 is 7.46. The Bertz CT molecular complexity index is 1060. The van der Waals surface area contributed by atoms with Crippen molar-refractivity contribution < 1.29 is 4.79 Å². The van der Waals surface area contributed by atoms with E-state index < -0.39 is 0 Å². The van der Waals surface area contributed by atoms with E-state index in [-0.39, 0.29) is 16.6 Å². The molecule has 3 aromatic rings. The molecular weight excluding hydrogens is 368 g/mol. The Hall–Kier alpha value is -2.11. The summed E-state index contributed by atoms with van der Waals surface area (Å²) in [4.78, 5) is 30.0. The van der Waals surface area contributed by atoms with Gasteiger partial charge in [-0.3, -0.25) is 14.2 Å². The van der Waals surface area contributed by atoms with Crippen LogP contribution in [0.15, 0.2) is 52.4 Å². The van der Waals surface area contributed by atoms with Gasteiger partial charge >= 0.3 is 0 Å². The van der Waals surface area contributed by atoms with Gasteiger partial charge in [-0.05, 0) is 50.1 Å². The Balaban J connectivity index is 1.93. The van der Waals surface area contributed by atoms with E-state index in [1.807, 2.05) is 31.2 Å². The van der Waals surface area contributed by atoms with E-state index in [1.54, 1.807) is 22.8 Å². The van der Waals surface area contributed by atoms with Crippen LogP contribution in [0, 0.1) is 6.92 Å². The van der Waals surface area contributed by atoms with Crippen molar-refractivity contribution in [1.29, 1.82) is 0 Å². The molecule has 0 saturated heterocycles. The van der Waals surface area contributed by atoms with Gasteiger partial charge in [0.25, 0.3) is 5.56 Å². The third-order valence-electron chi connectivity index (χ3n) is 4.59. The lowest BCUT2D eigenvalue weighted by Crippen LogP contribution is -2.23. The van der Waals surface area contributed by atoms with Crippen LogP contribution in [0.3, 0.4) is 0 Å². The van der Waals surface area contributed by atoms with Crippen LogP contribution in [0.2, 0.25) is 5.02 Å². The van der Waals surface area contributed by atoms with E-state index in [1.165, 1.54) is 11.8 Å². The van der Waals surface area contributed by atoms with Gasteiger partial charge in [-0.2, -0.15) is 0 Å². The van der Waals surface area contributed by atoms with Gasteiger partial charge in [0.15, 0.2) is 5.16 Å². The highest BCUT2D eigenvalue weighted by molar-refractivity contribution is 8.00. The average molecular weight is 385 g/mol. The molecule has 4 rings (SSSR count). The summed E-state index contributed by atoms with van der Waals surface area (Å²) in [6.45, 7) is 2.00. The maximum absolute atomic E-state index is 13.2. The largest absolute Gasteiger partial charge is 0.298 e. The fourth-order valence-corrected chi connectivity index (χ4v) is 4.57. The van der Waals surface area contributed by atoms with Crippen LogP contribution in [0.5, 0.6) is 0 Å². The maximum atomic E-state index is 13.2. The van der Waals surface area contributed by atoms with Crippen molar-refractivity contribution in [3.63, 3.8) is 0 Å². The molecule has 0 spiro atoms. The third-order valence-corrected chi connectivity index (χ3v) is 6.09. The van der Waals surface area contributed by atoms with Crippen LogP contribution in [-0.4, -0.2) is 20.6 Å². The summed E-state index contributed by atoms with van der Waals surface area (Å²) in [6.07, 6.45) is 2.32. The number of aromatic nitrogens is 2. The molecule has 0 aliphatic heterocycles. The van der Waals surface area contributed by atoms with Crippen molar-refractivity contribution in [2.75, 3.05) is 0 Å². The second kappa shape index (κ2) is 6.89. The standard InChI is InChI=1S/C20H17ClN2O2S/c1-12-5-8-14(9-6-12)23-19(25)15-10-7-13(21)11-16(15)22-20(23)26-18-4-2-3-17(18)24/h5-11,18H,2-4H2,1H3/t18-/m0/s1. The number of thioether (sulfide) groups is 1. The van der Waals surface area contributed by atoms with E-state index in [9.17, 15) is 9.59 Å². The molecule has 1 atom stereocenters. The van der Waals surface area contributed by atoms with E-state index in [4.69, 9.17) is 11.6 Å². The number of benzene rings is 2. The monoisotopic (exact) mass is 384 g/mol. The second-order valence-electron chi connectivity index (χ2n) is 6.50. The molecule has 2 aromatic carbocycles. The minimum Gasteiger partial charge on any atom is -0.298 e. The van der Waals surface area contributed by atoms with Crippen LogP contribution < -0.4 is 5.56 Å². The predicted molar refractivity (Wildman–Crippen MR) is 106 cm³/mol. The summed E-state index contributed by atoms with van der Waals surface area (Å²) in [7, 11) is 0. The number of carbonyl (C=O) groups excluding carboxylic acids is 1. The van der Waals surface area contributed by atoms with Crippen molar-refractivity contribution in [2.24, 2.45) is 0 Å². The highest BCUT2D eigenvalue weighted by atomic mass is 35.5. The number of fused-ring (bicyclic) bond motifs is 1. The van der Waals surface area contributed by atoms with Gasteiger partial charge in [-0.15, -0.1) is 0 Å². The number of ketones is 1. The molecule has 0 radical (unpaired) electrons. The quantitative estimate of drug-likeness (QED) is 0.621. The second-order valence-corrected chi connectivity index (χ2v) is 8.10. The molecule has 1 aliphatic rings. The lowest BCUT2D eigenvalue weighted by Gasteiger charge is -2.15. The summed E-state index contributed by atoms with van der Waals surface area (Å²) in [6, 6.07) is 12.8. The zero-order chi connectivity index (χ0) is 18.3. The molecule has 6 heteroatoms. The predicted octanol–water partition coefficient (Wildman–Crippen LogP) is 4.56. The van der Waals surface area contributed by atoms with Crippen LogP contribution >= 0.6 is 23.4 Å². The number of hydrogen-bond acceptors (Lipinski definition) is 4. The SMILES string of the molecule is Cc1ccc(-n2c(S[C@H]3CCCC3=O)nc3cc(Cl)ccc3c2=O)cc1. The van der Waals surface area contributed by atoms with Crippen LogP contribution in [0.4, 0.5) is 0 Å². The third kappa shape index (κ3) is 3.17. The highest BCUT2D eigenvalue weighted by Crippen LogP contribution is 2.33. The molecule has 1 fully saturated rings. The van der Waals surface area contributed by atoms with Crippen LogP contribution in [0.25, 0.3) is 16.6 Å². The lowest BCUT2D eigenvalue weighted by atomic mass is 10.2. The Morgan fingerprint density at radius 2 is 1.92 bits per heavy atom. The molecule has 1 aromatic heterocycles. The summed E-state index contributed by atoms with van der Waals surface area (Å²) in [5.41, 5.74) is 2.27. The van der Waals surface area contributed by atoms with Gasteiger partial charge in [-0.25, -0.2) is 4.98 Å². The molecule has 132 valence electrons. The van der Waals surface area contributed by atoms with Gasteiger partial charge in [0, 0.05) is 11.4 Å². The molecular formula is C20H17ClN2O2S. The van der Waals surface area contributed by atoms with Crippen LogP contribution in [-0.2, 0) is 4.79 Å². The van der Waals surface area contributed by atoms with E-state index in [0.29, 0.717) is 27.5 Å². The number of halogens is 1. The highest BCUT2D eigenvalue weighted by Gasteiger charge is 2.27. The molecule has 1 heterocycles. The number of hydrogen-bond donors (Lipinski definition) is 0. The first-order chi connectivity index (χ1) is 12.5. The smallest absolute Gasteiger partial charge is 0.266 e.